The number of benzene rings is 1. The van der Waals surface area contributed by atoms with Crippen LogP contribution >= 0.6 is 0 Å². The third-order valence-electron chi connectivity index (χ3n) is 3.96. The number of hydrogen-bond acceptors (Lipinski definition) is 2. The number of nitrogen functional groups attached to an aromatic ring is 1. The molecule has 0 unspecified atom stereocenters. The van der Waals surface area contributed by atoms with Crippen molar-refractivity contribution in [3.05, 3.63) is 29.6 Å². The molecular weight excluding hydrogens is 227 g/mol. The number of halogens is 1. The predicted molar refractivity (Wildman–Crippen MR) is 71.5 cm³/mol. The first-order chi connectivity index (χ1) is 8.72. The highest BCUT2D eigenvalue weighted by Crippen LogP contribution is 2.34. The van der Waals surface area contributed by atoms with Crippen molar-refractivity contribution >= 4 is 5.69 Å². The number of anilines is 1. The lowest BCUT2D eigenvalue weighted by Crippen LogP contribution is -2.28. The minimum Gasteiger partial charge on any atom is -0.396 e. The largest absolute Gasteiger partial charge is 0.396 e. The first kappa shape index (κ1) is 12.0. The van der Waals surface area contributed by atoms with Gasteiger partial charge in [-0.1, -0.05) is 12.1 Å². The second kappa shape index (κ2) is 4.88. The SMILES string of the molecule is Nc1c(F)cccc1CN(CC1CC1)CC1CC1. The lowest BCUT2D eigenvalue weighted by atomic mass is 10.1. The van der Waals surface area contributed by atoms with Crippen molar-refractivity contribution in [3.8, 4) is 0 Å². The highest BCUT2D eigenvalue weighted by molar-refractivity contribution is 5.47. The summed E-state index contributed by atoms with van der Waals surface area (Å²) in [7, 11) is 0. The number of nitrogens with two attached hydrogens (primary N) is 1. The third-order valence-corrected chi connectivity index (χ3v) is 3.96. The predicted octanol–water partition coefficient (Wildman–Crippen LogP) is 3.03. The van der Waals surface area contributed by atoms with Gasteiger partial charge in [0.15, 0.2) is 0 Å². The fourth-order valence-electron chi connectivity index (χ4n) is 2.50. The molecule has 3 rings (SSSR count). The van der Waals surface area contributed by atoms with Crippen LogP contribution in [0.1, 0.15) is 31.2 Å². The summed E-state index contributed by atoms with van der Waals surface area (Å²) < 4.78 is 13.4. The van der Waals surface area contributed by atoms with Crippen LogP contribution in [0.25, 0.3) is 0 Å². The van der Waals surface area contributed by atoms with E-state index in [4.69, 9.17) is 5.73 Å². The van der Waals surface area contributed by atoms with Crippen LogP contribution in [0, 0.1) is 17.7 Å². The highest BCUT2D eigenvalue weighted by atomic mass is 19.1. The molecule has 0 radical (unpaired) electrons. The van der Waals surface area contributed by atoms with Crippen molar-refractivity contribution in [2.24, 2.45) is 11.8 Å². The minimum atomic E-state index is -0.287. The van der Waals surface area contributed by atoms with Gasteiger partial charge in [0.1, 0.15) is 5.82 Å². The number of para-hydroxylation sites is 1. The summed E-state index contributed by atoms with van der Waals surface area (Å²) in [6, 6.07) is 5.14. The molecule has 2 N–H and O–H groups in total. The molecule has 2 nitrogen and oxygen atoms in total. The van der Waals surface area contributed by atoms with Crippen LogP contribution in [0.5, 0.6) is 0 Å². The summed E-state index contributed by atoms with van der Waals surface area (Å²) in [5.74, 6) is 1.46. The van der Waals surface area contributed by atoms with Crippen LogP contribution in [-0.2, 0) is 6.54 Å². The van der Waals surface area contributed by atoms with E-state index in [0.717, 1.165) is 37.0 Å². The fourth-order valence-corrected chi connectivity index (χ4v) is 2.50. The summed E-state index contributed by atoms with van der Waals surface area (Å²) in [6.45, 7) is 3.12. The van der Waals surface area contributed by atoms with Gasteiger partial charge in [-0.2, -0.15) is 0 Å². The molecule has 1 aromatic rings. The molecule has 2 saturated carbocycles. The maximum absolute atomic E-state index is 13.4. The monoisotopic (exact) mass is 248 g/mol. The zero-order chi connectivity index (χ0) is 12.5. The molecule has 1 aromatic carbocycles. The molecule has 0 bridgehead atoms. The lowest BCUT2D eigenvalue weighted by Gasteiger charge is -2.23. The third kappa shape index (κ3) is 3.02. The smallest absolute Gasteiger partial charge is 0.146 e. The Balaban J connectivity index is 1.67. The van der Waals surface area contributed by atoms with Gasteiger partial charge >= 0.3 is 0 Å². The molecule has 98 valence electrons. The molecule has 0 aromatic heterocycles. The van der Waals surface area contributed by atoms with Gasteiger partial charge in [-0.05, 0) is 49.1 Å². The van der Waals surface area contributed by atoms with Crippen LogP contribution in [0.15, 0.2) is 18.2 Å². The Morgan fingerprint density at radius 1 is 1.11 bits per heavy atom. The average molecular weight is 248 g/mol. The highest BCUT2D eigenvalue weighted by Gasteiger charge is 2.29. The van der Waals surface area contributed by atoms with Crippen LogP contribution in [0.4, 0.5) is 10.1 Å². The standard InChI is InChI=1S/C15H21FN2/c16-14-3-1-2-13(15(14)17)10-18(8-11-4-5-11)9-12-6-7-12/h1-3,11-12H,4-10,17H2. The van der Waals surface area contributed by atoms with Crippen LogP contribution in [0.2, 0.25) is 0 Å². The van der Waals surface area contributed by atoms with Gasteiger partial charge in [-0.25, -0.2) is 4.39 Å². The second-order valence-corrected chi connectivity index (χ2v) is 5.89. The number of rotatable bonds is 6. The van der Waals surface area contributed by atoms with E-state index in [-0.39, 0.29) is 5.82 Å². The van der Waals surface area contributed by atoms with Crippen molar-refractivity contribution in [2.75, 3.05) is 18.8 Å². The van der Waals surface area contributed by atoms with Gasteiger partial charge in [0.2, 0.25) is 0 Å². The summed E-state index contributed by atoms with van der Waals surface area (Å²) in [4.78, 5) is 2.47. The lowest BCUT2D eigenvalue weighted by molar-refractivity contribution is 0.244. The molecule has 0 heterocycles. The maximum Gasteiger partial charge on any atom is 0.146 e. The summed E-state index contributed by atoms with van der Waals surface area (Å²) in [5.41, 5.74) is 7.09. The van der Waals surface area contributed by atoms with E-state index in [0.29, 0.717) is 5.69 Å². The molecule has 0 amide bonds. The van der Waals surface area contributed by atoms with E-state index < -0.39 is 0 Å². The normalized spacial score (nSPS) is 19.4. The van der Waals surface area contributed by atoms with Crippen LogP contribution in [-0.4, -0.2) is 18.0 Å². The fraction of sp³-hybridized carbons (Fsp3) is 0.600. The Morgan fingerprint density at radius 2 is 1.72 bits per heavy atom. The molecule has 18 heavy (non-hydrogen) atoms. The van der Waals surface area contributed by atoms with Crippen LogP contribution < -0.4 is 5.73 Å². The van der Waals surface area contributed by atoms with E-state index in [2.05, 4.69) is 4.90 Å². The Kier molecular flexibility index (Phi) is 3.25. The quantitative estimate of drug-likeness (QED) is 0.784. The Labute approximate surface area is 108 Å². The zero-order valence-corrected chi connectivity index (χ0v) is 10.7. The van der Waals surface area contributed by atoms with Gasteiger partial charge in [-0.3, -0.25) is 4.90 Å². The van der Waals surface area contributed by atoms with Crippen molar-refractivity contribution in [1.29, 1.82) is 0 Å². The summed E-state index contributed by atoms with van der Waals surface area (Å²) >= 11 is 0. The van der Waals surface area contributed by atoms with Gasteiger partial charge in [0.25, 0.3) is 0 Å². The number of hydrogen-bond donors (Lipinski definition) is 1. The molecule has 0 saturated heterocycles. The van der Waals surface area contributed by atoms with Crippen molar-refractivity contribution in [1.82, 2.24) is 4.90 Å². The van der Waals surface area contributed by atoms with E-state index >= 15 is 0 Å². The molecule has 0 spiro atoms. The molecule has 0 atom stereocenters. The van der Waals surface area contributed by atoms with Crippen LogP contribution in [0.3, 0.4) is 0 Å². The van der Waals surface area contributed by atoms with Crippen molar-refractivity contribution in [2.45, 2.75) is 32.2 Å². The molecule has 0 aliphatic heterocycles. The first-order valence-electron chi connectivity index (χ1n) is 6.97. The first-order valence-corrected chi connectivity index (χ1v) is 6.97. The average Bonchev–Trinajstić information content (AvgIpc) is 3.20. The summed E-state index contributed by atoms with van der Waals surface area (Å²) in [6.07, 6.45) is 5.44. The topological polar surface area (TPSA) is 29.3 Å². The van der Waals surface area contributed by atoms with Gasteiger partial charge in [0.05, 0.1) is 5.69 Å². The van der Waals surface area contributed by atoms with Crippen molar-refractivity contribution < 1.29 is 4.39 Å². The number of nitrogens with zero attached hydrogens (tertiary/aromatic N) is 1. The molecule has 2 fully saturated rings. The van der Waals surface area contributed by atoms with Crippen molar-refractivity contribution in [3.63, 3.8) is 0 Å². The Bertz CT molecular complexity index is 411. The Hall–Kier alpha value is -1.09. The molecule has 3 heteroatoms. The second-order valence-electron chi connectivity index (χ2n) is 5.89. The summed E-state index contributed by atoms with van der Waals surface area (Å²) in [5, 5.41) is 0. The van der Waals surface area contributed by atoms with E-state index in [9.17, 15) is 4.39 Å². The van der Waals surface area contributed by atoms with E-state index in [1.807, 2.05) is 6.07 Å². The maximum atomic E-state index is 13.4. The van der Waals surface area contributed by atoms with Gasteiger partial charge in [0, 0.05) is 19.6 Å². The van der Waals surface area contributed by atoms with Gasteiger partial charge < -0.3 is 5.73 Å². The molecule has 2 aliphatic carbocycles. The van der Waals surface area contributed by atoms with Gasteiger partial charge in [-0.15, -0.1) is 0 Å². The Morgan fingerprint density at radius 3 is 2.28 bits per heavy atom. The zero-order valence-electron chi connectivity index (χ0n) is 10.7. The molecule has 2 aliphatic rings. The van der Waals surface area contributed by atoms with E-state index in [1.54, 1.807) is 6.07 Å². The molecular formula is C15H21FN2. The minimum absolute atomic E-state index is 0.287. The van der Waals surface area contributed by atoms with E-state index in [1.165, 1.54) is 31.7 Å².